The maximum atomic E-state index is 3.92. The van der Waals surface area contributed by atoms with E-state index in [1.807, 2.05) is 0 Å². The zero-order valence-corrected chi connectivity index (χ0v) is 14.7. The van der Waals surface area contributed by atoms with Gasteiger partial charge in [0.2, 0.25) is 0 Å². The van der Waals surface area contributed by atoms with Gasteiger partial charge >= 0.3 is 16.6 Å². The van der Waals surface area contributed by atoms with Crippen LogP contribution in [0.25, 0.3) is 0 Å². The molecule has 0 rings (SSSR count). The third-order valence-electron chi connectivity index (χ3n) is 5.17. The van der Waals surface area contributed by atoms with Crippen molar-refractivity contribution in [2.24, 2.45) is 0 Å². The molecule has 0 aliphatic heterocycles. The minimum atomic E-state index is -1.21. The Bertz CT molecular complexity index is 150. The second-order valence-corrected chi connectivity index (χ2v) is 15.6. The van der Waals surface area contributed by atoms with E-state index in [0.29, 0.717) is 0 Å². The molecule has 0 amide bonds. The molecule has 0 unspecified atom stereocenters. The predicted molar refractivity (Wildman–Crippen MR) is 81.4 cm³/mol. The van der Waals surface area contributed by atoms with Crippen LogP contribution in [0.1, 0.15) is 41.5 Å². The van der Waals surface area contributed by atoms with Crippen LogP contribution in [0.4, 0.5) is 0 Å². The van der Waals surface area contributed by atoms with Crippen molar-refractivity contribution in [2.75, 3.05) is 7.11 Å². The molecule has 0 heterocycles. The second kappa shape index (κ2) is 6.97. The van der Waals surface area contributed by atoms with Crippen LogP contribution in [0.15, 0.2) is 0 Å². The van der Waals surface area contributed by atoms with Gasteiger partial charge in [0, 0.05) is 36.3 Å². The molecule has 0 aliphatic carbocycles. The van der Waals surface area contributed by atoms with E-state index in [4.69, 9.17) is 0 Å². The molecule has 0 atom stereocenters. The molecule has 0 aromatic carbocycles. The predicted octanol–water partition coefficient (Wildman–Crippen LogP) is 5.18. The minimum Gasteiger partial charge on any atom is -0.621 e. The maximum absolute atomic E-state index is 3.92. The van der Waals surface area contributed by atoms with Crippen molar-refractivity contribution >= 4 is 16.6 Å². The van der Waals surface area contributed by atoms with E-state index in [-0.39, 0.29) is 0 Å². The lowest BCUT2D eigenvalue weighted by Gasteiger charge is -2.47. The highest BCUT2D eigenvalue weighted by molar-refractivity contribution is 6.88. The number of hydrogen-bond acceptors (Lipinski definition) is 0. The Labute approximate surface area is 106 Å². The van der Waals surface area contributed by atoms with Gasteiger partial charge in [-0.2, -0.15) is 0 Å². The van der Waals surface area contributed by atoms with E-state index >= 15 is 0 Å². The molecule has 0 radical (unpaired) electrons. The van der Waals surface area contributed by atoms with Crippen LogP contribution in [0.2, 0.25) is 36.3 Å². The van der Waals surface area contributed by atoms with Gasteiger partial charge in [-0.3, -0.25) is 0 Å². The van der Waals surface area contributed by atoms with Gasteiger partial charge in [0.05, 0.1) is 7.11 Å². The Balaban J connectivity index is 5.16. The average molecular weight is 262 g/mol. The Morgan fingerprint density at radius 1 is 0.562 bits per heavy atom. The summed E-state index contributed by atoms with van der Waals surface area (Å²) in [5, 5.41) is 0. The lowest BCUT2D eigenvalue weighted by atomic mass is 10.9. The Kier molecular flexibility index (Phi) is 7.14. The average Bonchev–Trinajstić information content (AvgIpc) is 2.35. The fraction of sp³-hybridized carbons (Fsp3) is 1.00. The van der Waals surface area contributed by atoms with E-state index in [0.717, 1.165) is 0 Å². The van der Waals surface area contributed by atoms with E-state index in [2.05, 4.69) is 52.4 Å². The largest absolute Gasteiger partial charge is 0.621 e. The molecule has 0 aromatic rings. The first-order chi connectivity index (χ1) is 7.52. The highest BCUT2D eigenvalue weighted by Crippen LogP contribution is 2.37. The van der Waals surface area contributed by atoms with E-state index in [9.17, 15) is 0 Å². The van der Waals surface area contributed by atoms with Crippen molar-refractivity contribution in [1.29, 1.82) is 0 Å². The second-order valence-electron chi connectivity index (χ2n) is 5.00. The smallest absolute Gasteiger partial charge is 0.362 e. The van der Waals surface area contributed by atoms with Crippen molar-refractivity contribution in [3.63, 3.8) is 0 Å². The van der Waals surface area contributed by atoms with E-state index < -0.39 is 16.6 Å². The normalized spacial score (nSPS) is 13.5. The Morgan fingerprint density at radius 2 is 0.750 bits per heavy atom. The van der Waals surface area contributed by atoms with Gasteiger partial charge in [0.1, 0.15) is 0 Å². The van der Waals surface area contributed by atoms with Crippen molar-refractivity contribution in [3.8, 4) is 0 Å². The first kappa shape index (κ1) is 16.4. The zero-order chi connectivity index (χ0) is 12.8. The monoisotopic (exact) mass is 261 g/mol. The van der Waals surface area contributed by atoms with Crippen molar-refractivity contribution in [2.45, 2.75) is 77.8 Å². The molecular weight excluding hydrogens is 228 g/mol. The summed E-state index contributed by atoms with van der Waals surface area (Å²) >= 11 is 0. The molecule has 0 spiro atoms. The Hall–Kier alpha value is 0.394. The lowest BCUT2D eigenvalue weighted by molar-refractivity contribution is 0.205. The molecule has 16 heavy (non-hydrogen) atoms. The van der Waals surface area contributed by atoms with Gasteiger partial charge in [-0.05, 0) is 0 Å². The topological polar surface area (TPSA) is 2.70 Å². The van der Waals surface area contributed by atoms with Crippen LogP contribution in [0.3, 0.4) is 0 Å². The summed E-state index contributed by atoms with van der Waals surface area (Å²) in [6.45, 7) is 14.4. The van der Waals surface area contributed by atoms with Gasteiger partial charge in [0.25, 0.3) is 0 Å². The molecule has 0 aromatic heterocycles. The third-order valence-corrected chi connectivity index (χ3v) is 18.1. The molecular formula is C13H33OSi2+. The minimum absolute atomic E-state index is 1.21. The van der Waals surface area contributed by atoms with Crippen LogP contribution in [-0.2, 0) is 3.75 Å². The Morgan fingerprint density at radius 3 is 0.875 bits per heavy atom. The van der Waals surface area contributed by atoms with Crippen LogP contribution >= 0.6 is 0 Å². The van der Waals surface area contributed by atoms with Crippen LogP contribution in [0.5, 0.6) is 0 Å². The van der Waals surface area contributed by atoms with E-state index in [1.165, 1.54) is 36.3 Å². The molecule has 0 fully saturated rings. The molecule has 1 nitrogen and oxygen atoms in total. The maximum Gasteiger partial charge on any atom is 0.362 e. The molecule has 0 bridgehead atoms. The van der Waals surface area contributed by atoms with Crippen molar-refractivity contribution in [3.05, 3.63) is 0 Å². The van der Waals surface area contributed by atoms with Gasteiger partial charge < -0.3 is 3.75 Å². The SMILES string of the molecule is CC[Si](CC)(CC)[O+](C)[Si](CC)(CC)CC. The van der Waals surface area contributed by atoms with Crippen LogP contribution in [-0.4, -0.2) is 23.7 Å². The molecule has 98 valence electrons. The van der Waals surface area contributed by atoms with Crippen LogP contribution in [0, 0.1) is 0 Å². The molecule has 0 N–H and O–H groups in total. The summed E-state index contributed by atoms with van der Waals surface area (Å²) in [6, 6.07) is 8.39. The highest BCUT2D eigenvalue weighted by Gasteiger charge is 2.52. The molecule has 3 heteroatoms. The third kappa shape index (κ3) is 2.80. The van der Waals surface area contributed by atoms with Gasteiger partial charge in [-0.15, -0.1) is 0 Å². The first-order valence-corrected chi connectivity index (χ1v) is 12.2. The fourth-order valence-corrected chi connectivity index (χ4v) is 15.1. The quantitative estimate of drug-likeness (QED) is 0.418. The number of hydrogen-bond donors (Lipinski definition) is 0. The summed E-state index contributed by atoms with van der Waals surface area (Å²) in [5.74, 6) is 0. The summed E-state index contributed by atoms with van der Waals surface area (Å²) in [4.78, 5) is 0. The standard InChI is InChI=1S/C13H33OSi2/c1-8-15(9-2,10-3)14(7)16(11-4,12-5)13-6/h8-13H2,1-7H3/q+1. The summed E-state index contributed by atoms with van der Waals surface area (Å²) in [7, 11) is -0.0205. The molecule has 0 saturated heterocycles. The van der Waals surface area contributed by atoms with Gasteiger partial charge in [-0.1, -0.05) is 41.5 Å². The zero-order valence-electron chi connectivity index (χ0n) is 12.7. The van der Waals surface area contributed by atoms with E-state index in [1.54, 1.807) is 0 Å². The molecule has 0 aliphatic rings. The van der Waals surface area contributed by atoms with Crippen molar-refractivity contribution < 1.29 is 3.75 Å². The fourth-order valence-electron chi connectivity index (χ4n) is 3.26. The first-order valence-electron chi connectivity index (χ1n) is 7.18. The van der Waals surface area contributed by atoms with Gasteiger partial charge in [0.15, 0.2) is 0 Å². The highest BCUT2D eigenvalue weighted by atomic mass is 28.4. The lowest BCUT2D eigenvalue weighted by Crippen LogP contribution is -2.58. The van der Waals surface area contributed by atoms with Crippen molar-refractivity contribution in [1.82, 2.24) is 0 Å². The summed E-state index contributed by atoms with van der Waals surface area (Å²) in [6.07, 6.45) is 0. The van der Waals surface area contributed by atoms with Crippen LogP contribution < -0.4 is 0 Å². The van der Waals surface area contributed by atoms with Gasteiger partial charge in [-0.25, -0.2) is 0 Å². The number of rotatable bonds is 8. The molecule has 0 saturated carbocycles. The summed E-state index contributed by atoms with van der Waals surface area (Å²) < 4.78 is 3.92. The summed E-state index contributed by atoms with van der Waals surface area (Å²) in [5.41, 5.74) is 0.